The summed E-state index contributed by atoms with van der Waals surface area (Å²) in [4.78, 5) is 19.5. The number of hydrogen-bond acceptors (Lipinski definition) is 4. The molecule has 28 heavy (non-hydrogen) atoms. The van der Waals surface area contributed by atoms with Crippen LogP contribution in [0.25, 0.3) is 0 Å². The zero-order valence-electron chi connectivity index (χ0n) is 17.8. The molecule has 1 atom stereocenters. The zero-order chi connectivity index (χ0) is 20.1. The van der Waals surface area contributed by atoms with Crippen molar-refractivity contribution in [2.75, 3.05) is 45.8 Å². The Labute approximate surface area is 170 Å². The molecule has 1 unspecified atom stereocenters. The summed E-state index contributed by atoms with van der Waals surface area (Å²) in [5, 5.41) is 10.1. The highest BCUT2D eigenvalue weighted by molar-refractivity contribution is 5.78. The first kappa shape index (κ1) is 21.3. The first-order valence-electron chi connectivity index (χ1n) is 10.8. The highest BCUT2D eigenvalue weighted by atomic mass is 16.3. The van der Waals surface area contributed by atoms with Gasteiger partial charge in [-0.15, -0.1) is 0 Å². The van der Waals surface area contributed by atoms with Gasteiger partial charge in [0.2, 0.25) is 5.91 Å². The van der Waals surface area contributed by atoms with Crippen LogP contribution in [0.15, 0.2) is 30.3 Å². The molecule has 2 aliphatic heterocycles. The Bertz CT molecular complexity index is 620. The standard InChI is InChI=1S/C23H37N3O2/c1-19-16-24(13-14-26(19)18-23(2,3)28)17-22(27)25-11-9-21(10-12-25)15-20-7-5-4-6-8-20/h4-8,19,21,28H,9-18H2,1-3H3. The lowest BCUT2D eigenvalue weighted by atomic mass is 9.90. The van der Waals surface area contributed by atoms with E-state index in [1.54, 1.807) is 0 Å². The number of likely N-dealkylation sites (tertiary alicyclic amines) is 1. The highest BCUT2D eigenvalue weighted by Crippen LogP contribution is 2.22. The third kappa shape index (κ3) is 6.29. The fourth-order valence-corrected chi connectivity index (χ4v) is 4.57. The fourth-order valence-electron chi connectivity index (χ4n) is 4.57. The quantitative estimate of drug-likeness (QED) is 0.813. The number of benzene rings is 1. The average Bonchev–Trinajstić information content (AvgIpc) is 2.64. The molecule has 1 aromatic rings. The molecule has 2 aliphatic rings. The summed E-state index contributed by atoms with van der Waals surface area (Å²) >= 11 is 0. The lowest BCUT2D eigenvalue weighted by molar-refractivity contribution is -0.134. The molecule has 5 heteroatoms. The van der Waals surface area contributed by atoms with E-state index in [0.29, 0.717) is 25.0 Å². The van der Waals surface area contributed by atoms with Gasteiger partial charge in [0.05, 0.1) is 12.1 Å². The van der Waals surface area contributed by atoms with Gasteiger partial charge in [-0.3, -0.25) is 14.6 Å². The number of piperidine rings is 1. The molecule has 2 saturated heterocycles. The van der Waals surface area contributed by atoms with Crippen molar-refractivity contribution in [2.24, 2.45) is 5.92 Å². The van der Waals surface area contributed by atoms with Crippen molar-refractivity contribution in [3.05, 3.63) is 35.9 Å². The third-order valence-corrected chi connectivity index (χ3v) is 6.13. The highest BCUT2D eigenvalue weighted by Gasteiger charge is 2.30. The van der Waals surface area contributed by atoms with Crippen molar-refractivity contribution < 1.29 is 9.90 Å². The molecule has 0 aliphatic carbocycles. The Morgan fingerprint density at radius 2 is 1.79 bits per heavy atom. The van der Waals surface area contributed by atoms with Gasteiger partial charge in [-0.25, -0.2) is 0 Å². The van der Waals surface area contributed by atoms with E-state index in [-0.39, 0.29) is 5.91 Å². The van der Waals surface area contributed by atoms with Crippen LogP contribution < -0.4 is 0 Å². The van der Waals surface area contributed by atoms with Crippen LogP contribution in [-0.2, 0) is 11.2 Å². The second-order valence-electron chi connectivity index (χ2n) is 9.38. The molecule has 0 bridgehead atoms. The van der Waals surface area contributed by atoms with Crippen molar-refractivity contribution in [1.29, 1.82) is 0 Å². The first-order valence-corrected chi connectivity index (χ1v) is 10.8. The van der Waals surface area contributed by atoms with Crippen LogP contribution in [0, 0.1) is 5.92 Å². The second kappa shape index (κ2) is 9.38. The summed E-state index contributed by atoms with van der Waals surface area (Å²) in [5.74, 6) is 0.971. The van der Waals surface area contributed by atoms with Gasteiger partial charge in [-0.1, -0.05) is 30.3 Å². The minimum Gasteiger partial charge on any atom is -0.389 e. The van der Waals surface area contributed by atoms with Crippen LogP contribution in [0.2, 0.25) is 0 Å². The lowest BCUT2D eigenvalue weighted by Gasteiger charge is -2.42. The van der Waals surface area contributed by atoms with E-state index in [2.05, 4.69) is 52.0 Å². The Morgan fingerprint density at radius 3 is 2.39 bits per heavy atom. The SMILES string of the molecule is CC1CN(CC(=O)N2CCC(Cc3ccccc3)CC2)CCN1CC(C)(C)O. The number of carbonyl (C=O) groups excluding carboxylic acids is 1. The van der Waals surface area contributed by atoms with Gasteiger partial charge >= 0.3 is 0 Å². The Hall–Kier alpha value is -1.43. The Kier molecular flexibility index (Phi) is 7.13. The van der Waals surface area contributed by atoms with E-state index in [0.717, 1.165) is 52.0 Å². The normalized spacial score (nSPS) is 23.1. The average molecular weight is 388 g/mol. The van der Waals surface area contributed by atoms with E-state index in [4.69, 9.17) is 0 Å². The molecule has 2 fully saturated rings. The number of β-amino-alcohol motifs (C(OH)–C–C–N with tert-alkyl or cyclic N) is 1. The van der Waals surface area contributed by atoms with Gasteiger partial charge in [0, 0.05) is 45.3 Å². The maximum atomic E-state index is 12.8. The van der Waals surface area contributed by atoms with Crippen LogP contribution in [0.5, 0.6) is 0 Å². The van der Waals surface area contributed by atoms with Crippen molar-refractivity contribution in [3.63, 3.8) is 0 Å². The number of piperazine rings is 1. The molecular formula is C23H37N3O2. The summed E-state index contributed by atoms with van der Waals surface area (Å²) in [6, 6.07) is 11.1. The molecular weight excluding hydrogens is 350 g/mol. The summed E-state index contributed by atoms with van der Waals surface area (Å²) < 4.78 is 0. The van der Waals surface area contributed by atoms with Gasteiger partial charge in [0.1, 0.15) is 0 Å². The number of hydrogen-bond donors (Lipinski definition) is 1. The van der Waals surface area contributed by atoms with E-state index in [1.807, 2.05) is 13.8 Å². The fraction of sp³-hybridized carbons (Fsp3) is 0.696. The maximum Gasteiger partial charge on any atom is 0.236 e. The second-order valence-corrected chi connectivity index (χ2v) is 9.38. The molecule has 0 saturated carbocycles. The lowest BCUT2D eigenvalue weighted by Crippen LogP contribution is -2.57. The van der Waals surface area contributed by atoms with Gasteiger partial charge in [-0.05, 0) is 51.5 Å². The topological polar surface area (TPSA) is 47.0 Å². The molecule has 156 valence electrons. The van der Waals surface area contributed by atoms with Crippen LogP contribution in [0.3, 0.4) is 0 Å². The molecule has 1 aromatic carbocycles. The molecule has 5 nitrogen and oxygen atoms in total. The van der Waals surface area contributed by atoms with E-state index >= 15 is 0 Å². The summed E-state index contributed by atoms with van der Waals surface area (Å²) in [7, 11) is 0. The van der Waals surface area contributed by atoms with E-state index in [1.165, 1.54) is 5.56 Å². The van der Waals surface area contributed by atoms with Crippen LogP contribution in [0.4, 0.5) is 0 Å². The largest absolute Gasteiger partial charge is 0.389 e. The van der Waals surface area contributed by atoms with Crippen molar-refractivity contribution in [3.8, 4) is 0 Å². The maximum absolute atomic E-state index is 12.8. The summed E-state index contributed by atoms with van der Waals surface area (Å²) in [5.41, 5.74) is 0.737. The number of aliphatic hydroxyl groups is 1. The molecule has 2 heterocycles. The molecule has 0 radical (unpaired) electrons. The van der Waals surface area contributed by atoms with Gasteiger partial charge < -0.3 is 10.0 Å². The summed E-state index contributed by atoms with van der Waals surface area (Å²) in [6.45, 7) is 11.6. The first-order chi connectivity index (χ1) is 13.3. The Morgan fingerprint density at radius 1 is 1.11 bits per heavy atom. The predicted octanol–water partition coefficient (Wildman–Crippen LogP) is 2.24. The van der Waals surface area contributed by atoms with Crippen LogP contribution in [-0.4, -0.2) is 83.2 Å². The molecule has 1 N–H and O–H groups in total. The Balaban J connectivity index is 1.40. The minimum absolute atomic E-state index is 0.279. The minimum atomic E-state index is -0.670. The number of amides is 1. The van der Waals surface area contributed by atoms with Crippen molar-refractivity contribution >= 4 is 5.91 Å². The zero-order valence-corrected chi connectivity index (χ0v) is 17.8. The smallest absolute Gasteiger partial charge is 0.236 e. The van der Waals surface area contributed by atoms with Crippen LogP contribution >= 0.6 is 0 Å². The molecule has 0 aromatic heterocycles. The van der Waals surface area contributed by atoms with Crippen LogP contribution in [0.1, 0.15) is 39.2 Å². The molecule has 0 spiro atoms. The van der Waals surface area contributed by atoms with E-state index in [9.17, 15) is 9.90 Å². The number of rotatable bonds is 6. The van der Waals surface area contributed by atoms with Crippen molar-refractivity contribution in [2.45, 2.75) is 51.7 Å². The number of carbonyl (C=O) groups is 1. The summed E-state index contributed by atoms with van der Waals surface area (Å²) in [6.07, 6.45) is 3.34. The van der Waals surface area contributed by atoms with E-state index < -0.39 is 5.60 Å². The number of nitrogens with zero attached hydrogens (tertiary/aromatic N) is 3. The van der Waals surface area contributed by atoms with Gasteiger partial charge in [-0.2, -0.15) is 0 Å². The van der Waals surface area contributed by atoms with Gasteiger partial charge in [0.15, 0.2) is 0 Å². The molecule has 1 amide bonds. The third-order valence-electron chi connectivity index (χ3n) is 6.13. The van der Waals surface area contributed by atoms with Gasteiger partial charge in [0.25, 0.3) is 0 Å². The monoisotopic (exact) mass is 387 g/mol. The van der Waals surface area contributed by atoms with Crippen molar-refractivity contribution in [1.82, 2.24) is 14.7 Å². The molecule has 3 rings (SSSR count). The predicted molar refractivity (Wildman–Crippen MR) is 113 cm³/mol.